The van der Waals surface area contributed by atoms with E-state index in [0.717, 1.165) is 12.0 Å². The second-order valence-electron chi connectivity index (χ2n) is 6.74. The minimum atomic E-state index is -0.314. The summed E-state index contributed by atoms with van der Waals surface area (Å²) in [6.45, 7) is 2.99. The van der Waals surface area contributed by atoms with E-state index in [1.54, 1.807) is 24.0 Å². The Balaban J connectivity index is 1.54. The number of carbonyl (C=O) groups excluding carboxylic acids is 2. The van der Waals surface area contributed by atoms with Crippen molar-refractivity contribution in [2.75, 3.05) is 13.1 Å². The largest absolute Gasteiger partial charge is 0.353 e. The molecule has 0 radical (unpaired) electrons. The molecular weight excluding hydrogens is 323 g/mol. The number of fused-ring (bicyclic) bond motifs is 1. The van der Waals surface area contributed by atoms with Crippen molar-refractivity contribution >= 4 is 11.8 Å². The number of aromatic nitrogens is 2. The van der Waals surface area contributed by atoms with Crippen LogP contribution in [0.4, 0.5) is 4.39 Å². The smallest absolute Gasteiger partial charge is 0.274 e. The normalized spacial score (nSPS) is 22.6. The van der Waals surface area contributed by atoms with Gasteiger partial charge in [0.25, 0.3) is 5.91 Å². The second-order valence-corrected chi connectivity index (χ2v) is 6.74. The van der Waals surface area contributed by atoms with Crippen LogP contribution in [0.3, 0.4) is 0 Å². The number of likely N-dealkylation sites (tertiary alicyclic amines) is 1. The number of piperidine rings is 1. The molecule has 2 aliphatic heterocycles. The van der Waals surface area contributed by atoms with Crippen LogP contribution in [0.2, 0.25) is 0 Å². The highest BCUT2D eigenvalue weighted by Gasteiger charge is 2.38. The Morgan fingerprint density at radius 2 is 2.08 bits per heavy atom. The second kappa shape index (κ2) is 5.98. The maximum atomic E-state index is 13.1. The van der Waals surface area contributed by atoms with Crippen LogP contribution < -0.4 is 5.32 Å². The third-order valence-electron chi connectivity index (χ3n) is 5.02. The molecule has 2 atom stereocenters. The lowest BCUT2D eigenvalue weighted by Gasteiger charge is -2.34. The first kappa shape index (κ1) is 15.8. The number of hydrogen-bond donors (Lipinski definition) is 2. The zero-order chi connectivity index (χ0) is 17.6. The Bertz CT molecular complexity index is 830. The molecule has 2 saturated heterocycles. The predicted molar refractivity (Wildman–Crippen MR) is 89.3 cm³/mol. The van der Waals surface area contributed by atoms with Crippen LogP contribution in [0, 0.1) is 18.7 Å². The molecular formula is C18H19FN4O2. The first-order valence-corrected chi connectivity index (χ1v) is 8.42. The lowest BCUT2D eigenvalue weighted by atomic mass is 9.93. The maximum Gasteiger partial charge on any atom is 0.274 e. The van der Waals surface area contributed by atoms with E-state index in [2.05, 4.69) is 15.3 Å². The fraction of sp³-hybridized carbons (Fsp3) is 0.389. The van der Waals surface area contributed by atoms with Crippen LogP contribution in [-0.2, 0) is 4.79 Å². The first-order chi connectivity index (χ1) is 12.0. The molecule has 0 spiro atoms. The summed E-state index contributed by atoms with van der Waals surface area (Å²) in [7, 11) is 0. The van der Waals surface area contributed by atoms with Gasteiger partial charge in [-0.2, -0.15) is 0 Å². The molecule has 2 N–H and O–H groups in total. The molecule has 0 bridgehead atoms. The topological polar surface area (TPSA) is 78.1 Å². The standard InChI is InChI=1S/C18H19FN4O2/c1-10-16(22-17(20-10)11-2-4-13(19)5-3-11)18(25)23-7-6-14-12(9-23)8-15(24)21-14/h2-5,12,14H,6-9H2,1H3,(H,20,22)(H,21,24)/t12-,14+/m1/s1. The molecule has 2 amide bonds. The number of benzene rings is 1. The molecule has 2 aromatic rings. The quantitative estimate of drug-likeness (QED) is 0.875. The van der Waals surface area contributed by atoms with Crippen molar-refractivity contribution < 1.29 is 14.0 Å². The number of aromatic amines is 1. The Morgan fingerprint density at radius 3 is 2.84 bits per heavy atom. The van der Waals surface area contributed by atoms with Crippen LogP contribution in [0.5, 0.6) is 0 Å². The Kier molecular flexibility index (Phi) is 3.78. The molecule has 2 fully saturated rings. The average Bonchev–Trinajstić information content (AvgIpc) is 3.16. The van der Waals surface area contributed by atoms with Crippen molar-refractivity contribution in [2.45, 2.75) is 25.8 Å². The fourth-order valence-electron chi connectivity index (χ4n) is 3.68. The molecule has 6 nitrogen and oxygen atoms in total. The van der Waals surface area contributed by atoms with Gasteiger partial charge in [0.1, 0.15) is 17.3 Å². The summed E-state index contributed by atoms with van der Waals surface area (Å²) in [6.07, 6.45) is 1.26. The first-order valence-electron chi connectivity index (χ1n) is 8.42. The minimum absolute atomic E-state index is 0.0684. The molecule has 0 saturated carbocycles. The fourth-order valence-corrected chi connectivity index (χ4v) is 3.68. The number of amides is 2. The van der Waals surface area contributed by atoms with Gasteiger partial charge in [0.15, 0.2) is 0 Å². The molecule has 7 heteroatoms. The van der Waals surface area contributed by atoms with Crippen molar-refractivity contribution in [3.63, 3.8) is 0 Å². The highest BCUT2D eigenvalue weighted by Crippen LogP contribution is 2.27. The van der Waals surface area contributed by atoms with E-state index in [0.29, 0.717) is 36.7 Å². The van der Waals surface area contributed by atoms with Crippen LogP contribution >= 0.6 is 0 Å². The van der Waals surface area contributed by atoms with E-state index < -0.39 is 0 Å². The van der Waals surface area contributed by atoms with Gasteiger partial charge in [0.2, 0.25) is 5.91 Å². The third-order valence-corrected chi connectivity index (χ3v) is 5.02. The zero-order valence-electron chi connectivity index (χ0n) is 13.9. The number of rotatable bonds is 2. The zero-order valence-corrected chi connectivity index (χ0v) is 13.9. The molecule has 0 aliphatic carbocycles. The maximum absolute atomic E-state index is 13.1. The Labute approximate surface area is 144 Å². The number of hydrogen-bond acceptors (Lipinski definition) is 3. The lowest BCUT2D eigenvalue weighted by molar-refractivity contribution is -0.119. The van der Waals surface area contributed by atoms with Crippen molar-refractivity contribution in [3.05, 3.63) is 41.5 Å². The number of imidazole rings is 1. The molecule has 1 aromatic carbocycles. The van der Waals surface area contributed by atoms with E-state index in [9.17, 15) is 14.0 Å². The van der Waals surface area contributed by atoms with Crippen molar-refractivity contribution in [2.24, 2.45) is 5.92 Å². The summed E-state index contributed by atoms with van der Waals surface area (Å²) in [5.41, 5.74) is 1.80. The van der Waals surface area contributed by atoms with Gasteiger partial charge in [-0.1, -0.05) is 0 Å². The minimum Gasteiger partial charge on any atom is -0.353 e. The van der Waals surface area contributed by atoms with Crippen molar-refractivity contribution in [1.29, 1.82) is 0 Å². The average molecular weight is 342 g/mol. The van der Waals surface area contributed by atoms with Gasteiger partial charge in [0.05, 0.1) is 0 Å². The van der Waals surface area contributed by atoms with Gasteiger partial charge in [-0.3, -0.25) is 9.59 Å². The number of halogens is 1. The molecule has 4 rings (SSSR count). The van der Waals surface area contributed by atoms with Crippen molar-refractivity contribution in [3.8, 4) is 11.4 Å². The molecule has 3 heterocycles. The van der Waals surface area contributed by atoms with E-state index in [-0.39, 0.29) is 29.6 Å². The molecule has 25 heavy (non-hydrogen) atoms. The number of aryl methyl sites for hydroxylation is 1. The highest BCUT2D eigenvalue weighted by molar-refractivity contribution is 5.94. The van der Waals surface area contributed by atoms with Crippen LogP contribution in [-0.4, -0.2) is 45.8 Å². The van der Waals surface area contributed by atoms with Gasteiger partial charge in [-0.15, -0.1) is 0 Å². The van der Waals surface area contributed by atoms with Gasteiger partial charge in [-0.05, 0) is 37.6 Å². The Hall–Kier alpha value is -2.70. The monoisotopic (exact) mass is 342 g/mol. The highest BCUT2D eigenvalue weighted by atomic mass is 19.1. The van der Waals surface area contributed by atoms with Crippen molar-refractivity contribution in [1.82, 2.24) is 20.2 Å². The third kappa shape index (κ3) is 2.90. The molecule has 130 valence electrons. The molecule has 1 aromatic heterocycles. The number of H-pyrrole nitrogens is 1. The SMILES string of the molecule is Cc1[nH]c(-c2ccc(F)cc2)nc1C(=O)N1CC[C@@H]2NC(=O)C[C@@H]2C1. The van der Waals surface area contributed by atoms with Crippen LogP contribution in [0.1, 0.15) is 29.0 Å². The summed E-state index contributed by atoms with van der Waals surface area (Å²) < 4.78 is 13.1. The van der Waals surface area contributed by atoms with E-state index in [4.69, 9.17) is 0 Å². The molecule has 2 aliphatic rings. The van der Waals surface area contributed by atoms with E-state index in [1.165, 1.54) is 12.1 Å². The number of nitrogens with one attached hydrogen (secondary N) is 2. The summed E-state index contributed by atoms with van der Waals surface area (Å²) in [5.74, 6) is 0.360. The van der Waals surface area contributed by atoms with Gasteiger partial charge >= 0.3 is 0 Å². The Morgan fingerprint density at radius 1 is 1.32 bits per heavy atom. The molecule has 0 unspecified atom stereocenters. The number of nitrogens with zero attached hydrogens (tertiary/aromatic N) is 2. The van der Waals surface area contributed by atoms with Gasteiger partial charge < -0.3 is 15.2 Å². The van der Waals surface area contributed by atoms with Gasteiger partial charge in [-0.25, -0.2) is 9.37 Å². The summed E-state index contributed by atoms with van der Waals surface area (Å²) in [5, 5.41) is 2.97. The summed E-state index contributed by atoms with van der Waals surface area (Å²) >= 11 is 0. The van der Waals surface area contributed by atoms with Crippen LogP contribution in [0.25, 0.3) is 11.4 Å². The van der Waals surface area contributed by atoms with E-state index in [1.807, 2.05) is 0 Å². The number of carbonyl (C=O) groups is 2. The lowest BCUT2D eigenvalue weighted by Crippen LogP contribution is -2.47. The summed E-state index contributed by atoms with van der Waals surface area (Å²) in [4.78, 5) is 33.7. The van der Waals surface area contributed by atoms with Crippen LogP contribution in [0.15, 0.2) is 24.3 Å². The predicted octanol–water partition coefficient (Wildman–Crippen LogP) is 1.87. The summed E-state index contributed by atoms with van der Waals surface area (Å²) in [6, 6.07) is 6.17. The van der Waals surface area contributed by atoms with E-state index >= 15 is 0 Å². The van der Waals surface area contributed by atoms with Gasteiger partial charge in [0, 0.05) is 42.7 Å².